The van der Waals surface area contributed by atoms with E-state index in [9.17, 15) is 9.59 Å². The highest BCUT2D eigenvalue weighted by atomic mass is 16.2. The molecule has 1 atom stereocenters. The van der Waals surface area contributed by atoms with Crippen LogP contribution in [0, 0.1) is 6.92 Å². The fourth-order valence-electron chi connectivity index (χ4n) is 4.98. The van der Waals surface area contributed by atoms with Gasteiger partial charge >= 0.3 is 0 Å². The molecule has 0 radical (unpaired) electrons. The Morgan fingerprint density at radius 2 is 1.77 bits per heavy atom. The van der Waals surface area contributed by atoms with E-state index in [0.717, 1.165) is 52.9 Å². The van der Waals surface area contributed by atoms with Gasteiger partial charge in [-0.1, -0.05) is 63.2 Å². The molecule has 30 heavy (non-hydrogen) atoms. The molecular formula is C27H31NO2. The van der Waals surface area contributed by atoms with Gasteiger partial charge in [-0.3, -0.25) is 14.5 Å². The number of rotatable bonds is 4. The number of anilines is 1. The highest BCUT2D eigenvalue weighted by Crippen LogP contribution is 2.45. The van der Waals surface area contributed by atoms with Crippen molar-refractivity contribution in [2.45, 2.75) is 71.6 Å². The van der Waals surface area contributed by atoms with Gasteiger partial charge in [-0.15, -0.1) is 0 Å². The van der Waals surface area contributed by atoms with Crippen molar-refractivity contribution in [3.63, 3.8) is 0 Å². The molecule has 2 aromatic rings. The minimum absolute atomic E-state index is 0.102. The van der Waals surface area contributed by atoms with Crippen molar-refractivity contribution < 1.29 is 9.59 Å². The molecule has 0 saturated heterocycles. The highest BCUT2D eigenvalue weighted by molar-refractivity contribution is 6.08. The fraction of sp³-hybridized carbons (Fsp3) is 0.407. The zero-order valence-electron chi connectivity index (χ0n) is 18.5. The van der Waals surface area contributed by atoms with Crippen molar-refractivity contribution in [1.29, 1.82) is 0 Å². The van der Waals surface area contributed by atoms with Crippen molar-refractivity contribution in [2.24, 2.45) is 0 Å². The highest BCUT2D eigenvalue weighted by Gasteiger charge is 2.40. The van der Waals surface area contributed by atoms with Crippen molar-refractivity contribution in [2.75, 3.05) is 4.90 Å². The summed E-state index contributed by atoms with van der Waals surface area (Å²) in [5, 5.41) is 0. The SMILES string of the molecule is CCc1cccc(C)c1N1C(=O)CC(c2ccc(C(C)C)cc2)C2=C1CCCC2=O. The second-order valence-corrected chi connectivity index (χ2v) is 8.88. The molecule has 0 bridgehead atoms. The molecule has 1 aliphatic carbocycles. The first-order valence-electron chi connectivity index (χ1n) is 11.2. The number of nitrogens with zero attached hydrogens (tertiary/aromatic N) is 1. The lowest BCUT2D eigenvalue weighted by Crippen LogP contribution is -2.41. The molecule has 0 spiro atoms. The summed E-state index contributed by atoms with van der Waals surface area (Å²) in [5.41, 5.74) is 7.39. The summed E-state index contributed by atoms with van der Waals surface area (Å²) in [6.07, 6.45) is 3.38. The number of allylic oxidation sites excluding steroid dienone is 2. The van der Waals surface area contributed by atoms with Gasteiger partial charge in [-0.2, -0.15) is 0 Å². The second-order valence-electron chi connectivity index (χ2n) is 8.88. The van der Waals surface area contributed by atoms with Gasteiger partial charge in [0.15, 0.2) is 5.78 Å². The summed E-state index contributed by atoms with van der Waals surface area (Å²) in [6, 6.07) is 14.7. The molecule has 3 nitrogen and oxygen atoms in total. The van der Waals surface area contributed by atoms with Gasteiger partial charge in [0.2, 0.25) is 5.91 Å². The number of carbonyl (C=O) groups excluding carboxylic acids is 2. The number of hydrogen-bond acceptors (Lipinski definition) is 2. The van der Waals surface area contributed by atoms with Gasteiger partial charge in [-0.25, -0.2) is 0 Å². The number of aryl methyl sites for hydroxylation is 2. The van der Waals surface area contributed by atoms with E-state index in [1.165, 1.54) is 5.56 Å². The quantitative estimate of drug-likeness (QED) is 0.611. The predicted octanol–water partition coefficient (Wildman–Crippen LogP) is 6.21. The molecule has 0 N–H and O–H groups in total. The number of hydrogen-bond donors (Lipinski definition) is 0. The minimum Gasteiger partial charge on any atom is -0.294 e. The topological polar surface area (TPSA) is 37.4 Å². The van der Waals surface area contributed by atoms with Gasteiger partial charge < -0.3 is 0 Å². The Labute approximate surface area is 179 Å². The molecule has 1 amide bonds. The molecule has 1 unspecified atom stereocenters. The Morgan fingerprint density at radius 1 is 1.03 bits per heavy atom. The van der Waals surface area contributed by atoms with Crippen LogP contribution in [0.5, 0.6) is 0 Å². The first kappa shape index (κ1) is 20.6. The molecule has 1 heterocycles. The zero-order valence-corrected chi connectivity index (χ0v) is 18.5. The van der Waals surface area contributed by atoms with E-state index in [1.54, 1.807) is 0 Å². The Kier molecular flexibility index (Phi) is 5.64. The average Bonchev–Trinajstić information content (AvgIpc) is 2.74. The van der Waals surface area contributed by atoms with Gasteiger partial charge in [-0.05, 0) is 54.4 Å². The third-order valence-electron chi connectivity index (χ3n) is 6.61. The van der Waals surface area contributed by atoms with Gasteiger partial charge in [0.25, 0.3) is 0 Å². The molecule has 1 aliphatic heterocycles. The Morgan fingerprint density at radius 3 is 2.43 bits per heavy atom. The standard InChI is InChI=1S/C27H31NO2/c1-5-19-9-6-8-18(4)27(19)28-23-10-7-11-24(29)26(23)22(16-25(28)30)21-14-12-20(13-15-21)17(2)3/h6,8-9,12-15,17,22H,5,7,10-11,16H2,1-4H3. The molecular weight excluding hydrogens is 370 g/mol. The van der Waals surface area contributed by atoms with E-state index in [4.69, 9.17) is 0 Å². The Bertz CT molecular complexity index is 1010. The molecule has 3 heteroatoms. The Hall–Kier alpha value is -2.68. The maximum Gasteiger partial charge on any atom is 0.232 e. The van der Waals surface area contributed by atoms with Crippen molar-refractivity contribution >= 4 is 17.4 Å². The normalized spacial score (nSPS) is 19.5. The summed E-state index contributed by atoms with van der Waals surface area (Å²) in [4.78, 5) is 28.5. The maximum absolute atomic E-state index is 13.5. The van der Waals surface area contributed by atoms with Crippen LogP contribution in [0.3, 0.4) is 0 Å². The Balaban J connectivity index is 1.86. The lowest BCUT2D eigenvalue weighted by molar-refractivity contribution is -0.119. The summed E-state index contributed by atoms with van der Waals surface area (Å²) < 4.78 is 0. The molecule has 156 valence electrons. The first-order chi connectivity index (χ1) is 14.4. The van der Waals surface area contributed by atoms with Crippen LogP contribution in [0.1, 0.15) is 80.5 Å². The number of benzene rings is 2. The molecule has 0 saturated carbocycles. The molecule has 2 aromatic carbocycles. The van der Waals surface area contributed by atoms with Crippen molar-refractivity contribution in [3.05, 3.63) is 76.0 Å². The second kappa shape index (κ2) is 8.22. The number of carbonyl (C=O) groups is 2. The van der Waals surface area contributed by atoms with Crippen LogP contribution < -0.4 is 4.90 Å². The third-order valence-corrected chi connectivity index (χ3v) is 6.61. The van der Waals surface area contributed by atoms with E-state index in [2.05, 4.69) is 64.1 Å². The van der Waals surface area contributed by atoms with Crippen LogP contribution in [0.25, 0.3) is 0 Å². The number of para-hydroxylation sites is 1. The van der Waals surface area contributed by atoms with Crippen LogP contribution in [0.4, 0.5) is 5.69 Å². The van der Waals surface area contributed by atoms with Crippen LogP contribution >= 0.6 is 0 Å². The monoisotopic (exact) mass is 401 g/mol. The van der Waals surface area contributed by atoms with Crippen LogP contribution in [-0.2, 0) is 16.0 Å². The summed E-state index contributed by atoms with van der Waals surface area (Å²) in [7, 11) is 0. The zero-order chi connectivity index (χ0) is 21.4. The fourth-order valence-corrected chi connectivity index (χ4v) is 4.98. The summed E-state index contributed by atoms with van der Waals surface area (Å²) >= 11 is 0. The molecule has 2 aliphatic rings. The molecule has 0 aromatic heterocycles. The van der Waals surface area contributed by atoms with Gasteiger partial charge in [0.1, 0.15) is 0 Å². The van der Waals surface area contributed by atoms with E-state index < -0.39 is 0 Å². The first-order valence-corrected chi connectivity index (χ1v) is 11.2. The van der Waals surface area contributed by atoms with Crippen molar-refractivity contribution in [3.8, 4) is 0 Å². The van der Waals surface area contributed by atoms with Crippen LogP contribution in [-0.4, -0.2) is 11.7 Å². The predicted molar refractivity (Wildman–Crippen MR) is 122 cm³/mol. The smallest absolute Gasteiger partial charge is 0.232 e. The lowest BCUT2D eigenvalue weighted by Gasteiger charge is -2.39. The van der Waals surface area contributed by atoms with E-state index in [1.807, 2.05) is 11.0 Å². The van der Waals surface area contributed by atoms with Crippen LogP contribution in [0.2, 0.25) is 0 Å². The van der Waals surface area contributed by atoms with E-state index in [-0.39, 0.29) is 17.6 Å². The average molecular weight is 402 g/mol. The number of ketones is 1. The van der Waals surface area contributed by atoms with Crippen molar-refractivity contribution in [1.82, 2.24) is 0 Å². The van der Waals surface area contributed by atoms with Gasteiger partial charge in [0.05, 0.1) is 5.69 Å². The minimum atomic E-state index is -0.133. The molecule has 0 fully saturated rings. The number of Topliss-reactive ketones (excluding diaryl/α,β-unsaturated/α-hetero) is 1. The third kappa shape index (κ3) is 3.51. The lowest BCUT2D eigenvalue weighted by atomic mass is 9.76. The largest absolute Gasteiger partial charge is 0.294 e. The maximum atomic E-state index is 13.5. The van der Waals surface area contributed by atoms with E-state index in [0.29, 0.717) is 18.8 Å². The number of amides is 1. The summed E-state index contributed by atoms with van der Waals surface area (Å²) in [6.45, 7) is 8.53. The summed E-state index contributed by atoms with van der Waals surface area (Å²) in [5.74, 6) is 0.637. The molecule has 4 rings (SSSR count). The van der Waals surface area contributed by atoms with Crippen LogP contribution in [0.15, 0.2) is 53.7 Å². The van der Waals surface area contributed by atoms with E-state index >= 15 is 0 Å². The van der Waals surface area contributed by atoms with Gasteiger partial charge in [0, 0.05) is 30.0 Å².